The van der Waals surface area contributed by atoms with Crippen LogP contribution in [0.15, 0.2) is 12.7 Å². The number of carbonyl (C=O) groups excluding carboxylic acids is 1. The molecular weight excluding hydrogens is 252 g/mol. The molecule has 0 aliphatic heterocycles. The number of rotatable bonds is 6. The topological polar surface area (TPSA) is 118 Å². The maximum atomic E-state index is 11.0. The number of ether oxygens (including phenoxy) is 1. The minimum Gasteiger partial charge on any atom is -0.481 e. The lowest BCUT2D eigenvalue weighted by Gasteiger charge is -2.09. The van der Waals surface area contributed by atoms with Crippen LogP contribution in [0.3, 0.4) is 0 Å². The molecule has 0 spiro atoms. The number of esters is 1. The fourth-order valence-electron chi connectivity index (χ4n) is 0.703. The Bertz CT molecular complexity index is 361. The van der Waals surface area contributed by atoms with Crippen LogP contribution in [0.25, 0.3) is 0 Å². The monoisotopic (exact) mass is 264 g/mol. The predicted octanol–water partition coefficient (Wildman–Crippen LogP) is -1.47. The summed E-state index contributed by atoms with van der Waals surface area (Å²) < 4.78 is 34.2. The first-order valence-corrected chi connectivity index (χ1v) is 5.25. The summed E-state index contributed by atoms with van der Waals surface area (Å²) in [6, 6.07) is 0. The number of aliphatic carboxylic acids is 1. The quantitative estimate of drug-likeness (QED) is 0.260. The molecule has 0 bridgehead atoms. The van der Waals surface area contributed by atoms with Crippen LogP contribution in [-0.2, 0) is 24.4 Å². The first-order valence-electron chi connectivity index (χ1n) is 3.74. The molecule has 90 valence electrons. The van der Waals surface area contributed by atoms with E-state index in [9.17, 15) is 18.0 Å². The van der Waals surface area contributed by atoms with E-state index in [0.29, 0.717) is 0 Å². The number of carbonyl (C=O) groups is 2. The van der Waals surface area contributed by atoms with Gasteiger partial charge in [0, 0.05) is 0 Å². The average molecular weight is 265 g/mol. The summed E-state index contributed by atoms with van der Waals surface area (Å²) in [7, 11) is -4.78. The molecule has 0 rings (SSSR count). The van der Waals surface area contributed by atoms with Crippen LogP contribution in [0, 0.1) is 0 Å². The molecule has 0 aromatic heterocycles. The molecule has 7 nitrogen and oxygen atoms in total. The Hall–Kier alpha value is -0.644. The van der Waals surface area contributed by atoms with Crippen molar-refractivity contribution in [3.05, 3.63) is 12.7 Å². The third-order valence-electron chi connectivity index (χ3n) is 1.33. The van der Waals surface area contributed by atoms with E-state index < -0.39 is 33.7 Å². The Morgan fingerprint density at radius 2 is 1.94 bits per heavy atom. The summed E-state index contributed by atoms with van der Waals surface area (Å²) in [4.78, 5) is 21.2. The Morgan fingerprint density at radius 3 is 2.25 bits per heavy atom. The summed E-state index contributed by atoms with van der Waals surface area (Å²) in [6.07, 6.45) is 0.133. The zero-order chi connectivity index (χ0) is 12.1. The second-order valence-corrected chi connectivity index (χ2v) is 4.12. The zero-order valence-corrected chi connectivity index (χ0v) is 8.44. The molecule has 0 amide bonds. The zero-order valence-electron chi connectivity index (χ0n) is 7.62. The third-order valence-corrected chi connectivity index (χ3v) is 2.40. The maximum Gasteiger partial charge on any atom is 0.327 e. The van der Waals surface area contributed by atoms with Gasteiger partial charge in [0.1, 0.15) is 6.61 Å². The highest BCUT2D eigenvalue weighted by Gasteiger charge is 2.34. The molecule has 16 heavy (non-hydrogen) atoms. The molecule has 9 heteroatoms. The lowest BCUT2D eigenvalue weighted by molar-refractivity contribution is -0.146. The van der Waals surface area contributed by atoms with E-state index in [-0.39, 0.29) is 29.7 Å². The number of hydrogen-bond acceptors (Lipinski definition) is 5. The van der Waals surface area contributed by atoms with E-state index in [4.69, 9.17) is 9.66 Å². The average Bonchev–Trinajstić information content (AvgIpc) is 2.08. The number of carboxylic acids is 1. The van der Waals surface area contributed by atoms with Gasteiger partial charge in [0.05, 0.1) is 6.42 Å². The van der Waals surface area contributed by atoms with E-state index in [1.807, 2.05) is 0 Å². The summed E-state index contributed by atoms with van der Waals surface area (Å²) in [5.41, 5.74) is 0. The molecule has 2 N–H and O–H groups in total. The van der Waals surface area contributed by atoms with Gasteiger partial charge in [-0.25, -0.2) is 0 Å². The normalized spacial score (nSPS) is 12.1. The molecule has 0 saturated carbocycles. The first kappa shape index (κ1) is 17.7. The van der Waals surface area contributed by atoms with Crippen LogP contribution in [0.4, 0.5) is 0 Å². The Kier molecular flexibility index (Phi) is 8.43. The third kappa shape index (κ3) is 6.77. The lowest BCUT2D eigenvalue weighted by Crippen LogP contribution is -2.33. The molecule has 0 fully saturated rings. The van der Waals surface area contributed by atoms with Crippen LogP contribution in [0.5, 0.6) is 0 Å². The van der Waals surface area contributed by atoms with Crippen molar-refractivity contribution < 1.29 is 32.4 Å². The van der Waals surface area contributed by atoms with Gasteiger partial charge in [-0.2, -0.15) is 8.42 Å². The predicted molar refractivity (Wildman–Crippen MR) is 57.3 cm³/mol. The fraction of sp³-hybridized carbons (Fsp3) is 0.429. The van der Waals surface area contributed by atoms with Gasteiger partial charge >= 0.3 is 35.0 Å². The van der Waals surface area contributed by atoms with Crippen LogP contribution in [0.1, 0.15) is 6.42 Å². The van der Waals surface area contributed by atoms with E-state index in [0.717, 1.165) is 0 Å². The van der Waals surface area contributed by atoms with Crippen LogP contribution in [0.2, 0.25) is 0 Å². The van der Waals surface area contributed by atoms with Crippen LogP contribution in [-0.4, -0.2) is 64.9 Å². The molecule has 0 heterocycles. The molecule has 0 radical (unpaired) electrons. The SMILES string of the molecule is C=CCOC(=O)C(CC(=O)O)S(=O)(=O)O.[MgH2]. The van der Waals surface area contributed by atoms with Crippen LogP contribution < -0.4 is 0 Å². The summed E-state index contributed by atoms with van der Waals surface area (Å²) >= 11 is 0. The van der Waals surface area contributed by atoms with Gasteiger partial charge in [-0.1, -0.05) is 12.7 Å². The van der Waals surface area contributed by atoms with Crippen molar-refractivity contribution in [1.82, 2.24) is 0 Å². The Labute approximate surface area is 108 Å². The second-order valence-electron chi connectivity index (χ2n) is 2.52. The van der Waals surface area contributed by atoms with Gasteiger partial charge in [-0.05, 0) is 0 Å². The van der Waals surface area contributed by atoms with Gasteiger partial charge in [-0.3, -0.25) is 14.1 Å². The number of hydrogen-bond donors (Lipinski definition) is 2. The standard InChI is InChI=1S/C7H10O7S.Mg.2H/c1-2-3-14-7(10)5(4-6(8)9)15(11,12)13;;;/h2,5H,1,3-4H2,(H,8,9)(H,11,12,13);;;. The van der Waals surface area contributed by atoms with E-state index in [1.165, 1.54) is 6.08 Å². The minimum atomic E-state index is -4.78. The van der Waals surface area contributed by atoms with Gasteiger partial charge in [0.15, 0.2) is 5.25 Å². The van der Waals surface area contributed by atoms with E-state index in [2.05, 4.69) is 11.3 Å². The van der Waals surface area contributed by atoms with Gasteiger partial charge in [0.25, 0.3) is 10.1 Å². The molecule has 0 aromatic rings. The molecule has 0 saturated heterocycles. The van der Waals surface area contributed by atoms with E-state index in [1.54, 1.807) is 0 Å². The molecule has 1 atom stereocenters. The lowest BCUT2D eigenvalue weighted by atomic mass is 10.3. The highest BCUT2D eigenvalue weighted by atomic mass is 32.2. The largest absolute Gasteiger partial charge is 0.481 e. The first-order chi connectivity index (χ1) is 6.79. The van der Waals surface area contributed by atoms with Gasteiger partial charge in [0.2, 0.25) is 0 Å². The molecule has 0 aromatic carbocycles. The Balaban J connectivity index is 0. The van der Waals surface area contributed by atoms with Crippen molar-refractivity contribution >= 4 is 45.1 Å². The van der Waals surface area contributed by atoms with Crippen molar-refractivity contribution in [2.75, 3.05) is 6.61 Å². The summed E-state index contributed by atoms with van der Waals surface area (Å²) in [6.45, 7) is 2.95. The molecule has 0 aliphatic rings. The molecular formula is C7H12MgO7S. The smallest absolute Gasteiger partial charge is 0.327 e. The van der Waals surface area contributed by atoms with Gasteiger partial charge in [-0.15, -0.1) is 0 Å². The van der Waals surface area contributed by atoms with E-state index >= 15 is 0 Å². The van der Waals surface area contributed by atoms with Crippen molar-refractivity contribution in [3.63, 3.8) is 0 Å². The van der Waals surface area contributed by atoms with Gasteiger partial charge < -0.3 is 9.84 Å². The highest BCUT2D eigenvalue weighted by molar-refractivity contribution is 7.87. The van der Waals surface area contributed by atoms with Crippen molar-refractivity contribution in [2.24, 2.45) is 0 Å². The second kappa shape index (κ2) is 7.60. The maximum absolute atomic E-state index is 11.0. The van der Waals surface area contributed by atoms with Crippen molar-refractivity contribution in [2.45, 2.75) is 11.7 Å². The summed E-state index contributed by atoms with van der Waals surface area (Å²) in [5, 5.41) is 6.22. The number of carboxylic acid groups (broad SMARTS) is 1. The van der Waals surface area contributed by atoms with Crippen LogP contribution >= 0.6 is 0 Å². The highest BCUT2D eigenvalue weighted by Crippen LogP contribution is 2.07. The molecule has 1 unspecified atom stereocenters. The molecule has 0 aliphatic carbocycles. The van der Waals surface area contributed by atoms with Crippen molar-refractivity contribution in [1.29, 1.82) is 0 Å². The minimum absolute atomic E-state index is 0. The summed E-state index contributed by atoms with van der Waals surface area (Å²) in [5.74, 6) is -2.85. The fourth-order valence-corrected chi connectivity index (χ4v) is 1.37. The Morgan fingerprint density at radius 1 is 1.44 bits per heavy atom. The van der Waals surface area contributed by atoms with Crippen molar-refractivity contribution in [3.8, 4) is 0 Å².